The normalized spacial score (nSPS) is 14.4. The van der Waals surface area contributed by atoms with Crippen molar-refractivity contribution in [2.75, 3.05) is 6.61 Å². The first kappa shape index (κ1) is 14.0. The van der Waals surface area contributed by atoms with Gasteiger partial charge < -0.3 is 10.1 Å². The second-order valence-electron chi connectivity index (χ2n) is 4.58. The lowest BCUT2D eigenvalue weighted by molar-refractivity contribution is 0.309. The van der Waals surface area contributed by atoms with Crippen LogP contribution in [0.4, 0.5) is 0 Å². The number of hydrogen-bond donors (Lipinski definition) is 1. The number of benzene rings is 1. The van der Waals surface area contributed by atoms with E-state index in [-0.39, 0.29) is 0 Å². The predicted octanol–water partition coefficient (Wildman–Crippen LogP) is 3.92. The zero-order valence-corrected chi connectivity index (χ0v) is 11.5. The monoisotopic (exact) mass is 235 g/mol. The van der Waals surface area contributed by atoms with Gasteiger partial charge in [0.25, 0.3) is 0 Å². The largest absolute Gasteiger partial charge is 0.493 e. The summed E-state index contributed by atoms with van der Waals surface area (Å²) in [5.41, 5.74) is 1.25. The molecule has 0 aliphatic rings. The molecule has 1 N–H and O–H groups in total. The smallest absolute Gasteiger partial charge is 0.124 e. The van der Waals surface area contributed by atoms with Crippen LogP contribution in [-0.4, -0.2) is 12.6 Å². The van der Waals surface area contributed by atoms with Crippen LogP contribution < -0.4 is 10.1 Å². The topological polar surface area (TPSA) is 21.3 Å². The van der Waals surface area contributed by atoms with Gasteiger partial charge in [0.15, 0.2) is 0 Å². The van der Waals surface area contributed by atoms with Gasteiger partial charge >= 0.3 is 0 Å². The number of para-hydroxylation sites is 1. The van der Waals surface area contributed by atoms with E-state index < -0.39 is 0 Å². The van der Waals surface area contributed by atoms with Crippen molar-refractivity contribution in [2.24, 2.45) is 0 Å². The maximum Gasteiger partial charge on any atom is 0.124 e. The van der Waals surface area contributed by atoms with Gasteiger partial charge in [-0.25, -0.2) is 0 Å². The molecule has 1 aromatic carbocycles. The molecule has 0 aliphatic heterocycles. The highest BCUT2D eigenvalue weighted by Gasteiger charge is 2.12. The minimum atomic E-state index is 0.331. The molecule has 2 unspecified atom stereocenters. The predicted molar refractivity (Wildman–Crippen MR) is 73.5 cm³/mol. The molecule has 96 valence electrons. The average molecular weight is 235 g/mol. The Hall–Kier alpha value is -1.02. The van der Waals surface area contributed by atoms with Crippen LogP contribution in [0.5, 0.6) is 5.75 Å². The summed E-state index contributed by atoms with van der Waals surface area (Å²) in [6.45, 7) is 9.52. The van der Waals surface area contributed by atoms with E-state index in [9.17, 15) is 0 Å². The van der Waals surface area contributed by atoms with Crippen LogP contribution in [0, 0.1) is 0 Å². The first-order valence-corrected chi connectivity index (χ1v) is 6.66. The van der Waals surface area contributed by atoms with Gasteiger partial charge in [-0.2, -0.15) is 0 Å². The summed E-state index contributed by atoms with van der Waals surface area (Å²) in [6.07, 6.45) is 2.18. The molecule has 2 nitrogen and oxygen atoms in total. The zero-order valence-electron chi connectivity index (χ0n) is 11.5. The summed E-state index contributed by atoms with van der Waals surface area (Å²) in [4.78, 5) is 0. The van der Waals surface area contributed by atoms with Gasteiger partial charge in [-0.3, -0.25) is 0 Å². The Morgan fingerprint density at radius 3 is 2.53 bits per heavy atom. The summed E-state index contributed by atoms with van der Waals surface area (Å²) in [7, 11) is 0. The fourth-order valence-electron chi connectivity index (χ4n) is 1.82. The summed E-state index contributed by atoms with van der Waals surface area (Å²) in [5, 5.41) is 3.58. The van der Waals surface area contributed by atoms with E-state index in [2.05, 4.69) is 51.2 Å². The molecule has 0 bridgehead atoms. The van der Waals surface area contributed by atoms with Crippen molar-refractivity contribution in [3.63, 3.8) is 0 Å². The summed E-state index contributed by atoms with van der Waals surface area (Å²) < 4.78 is 5.78. The third kappa shape index (κ3) is 4.39. The number of hydrogen-bond acceptors (Lipinski definition) is 2. The lowest BCUT2D eigenvalue weighted by Crippen LogP contribution is -2.28. The van der Waals surface area contributed by atoms with Gasteiger partial charge in [-0.1, -0.05) is 32.0 Å². The van der Waals surface area contributed by atoms with Crippen LogP contribution in [0.3, 0.4) is 0 Å². The third-order valence-corrected chi connectivity index (χ3v) is 2.99. The molecule has 2 heteroatoms. The highest BCUT2D eigenvalue weighted by Crippen LogP contribution is 2.25. The van der Waals surface area contributed by atoms with Gasteiger partial charge in [-0.05, 0) is 32.8 Å². The van der Waals surface area contributed by atoms with Crippen molar-refractivity contribution >= 4 is 0 Å². The van der Waals surface area contributed by atoms with Crippen molar-refractivity contribution in [1.29, 1.82) is 0 Å². The van der Waals surface area contributed by atoms with Crippen molar-refractivity contribution in [2.45, 2.75) is 52.6 Å². The molecule has 0 aromatic heterocycles. The van der Waals surface area contributed by atoms with Crippen LogP contribution in [0.2, 0.25) is 0 Å². The van der Waals surface area contributed by atoms with Crippen LogP contribution in [0.15, 0.2) is 24.3 Å². The lowest BCUT2D eigenvalue weighted by Gasteiger charge is -2.21. The van der Waals surface area contributed by atoms with Gasteiger partial charge in [0.1, 0.15) is 5.75 Å². The first-order valence-electron chi connectivity index (χ1n) is 6.66. The fourth-order valence-corrected chi connectivity index (χ4v) is 1.82. The molecule has 17 heavy (non-hydrogen) atoms. The van der Waals surface area contributed by atoms with E-state index >= 15 is 0 Å². The molecule has 0 saturated heterocycles. The highest BCUT2D eigenvalue weighted by molar-refractivity contribution is 5.35. The molecule has 0 amide bonds. The van der Waals surface area contributed by atoms with Gasteiger partial charge in [0.2, 0.25) is 0 Å². The molecule has 0 radical (unpaired) electrons. The number of rotatable bonds is 7. The molecular formula is C15H25NO. The fraction of sp³-hybridized carbons (Fsp3) is 0.600. The van der Waals surface area contributed by atoms with Crippen molar-refractivity contribution in [1.82, 2.24) is 5.32 Å². The van der Waals surface area contributed by atoms with Crippen molar-refractivity contribution in [3.05, 3.63) is 29.8 Å². The molecule has 0 heterocycles. The second kappa shape index (κ2) is 7.33. The molecule has 0 spiro atoms. The standard InChI is InChI=1S/C15H25NO/c1-5-11-17-15-10-8-7-9-14(15)13(4)16-12(3)6-2/h7-10,12-13,16H,5-6,11H2,1-4H3. The maximum atomic E-state index is 5.78. The average Bonchev–Trinajstić information content (AvgIpc) is 2.36. The summed E-state index contributed by atoms with van der Waals surface area (Å²) in [5.74, 6) is 1.01. The molecule has 2 atom stereocenters. The van der Waals surface area contributed by atoms with Gasteiger partial charge in [0, 0.05) is 17.6 Å². The third-order valence-electron chi connectivity index (χ3n) is 2.99. The minimum absolute atomic E-state index is 0.331. The van der Waals surface area contributed by atoms with E-state index in [1.54, 1.807) is 0 Å². The SMILES string of the molecule is CCCOc1ccccc1C(C)NC(C)CC. The molecule has 1 aromatic rings. The van der Waals surface area contributed by atoms with Crippen LogP contribution >= 0.6 is 0 Å². The molecule has 0 aliphatic carbocycles. The van der Waals surface area contributed by atoms with Crippen LogP contribution in [0.1, 0.15) is 52.1 Å². The van der Waals surface area contributed by atoms with Gasteiger partial charge in [-0.15, -0.1) is 0 Å². The minimum Gasteiger partial charge on any atom is -0.493 e. The number of ether oxygens (including phenoxy) is 1. The molecule has 0 saturated carbocycles. The van der Waals surface area contributed by atoms with Gasteiger partial charge in [0.05, 0.1) is 6.61 Å². The Kier molecular flexibility index (Phi) is 6.06. The molecule has 1 rings (SSSR count). The van der Waals surface area contributed by atoms with Crippen molar-refractivity contribution in [3.8, 4) is 5.75 Å². The molecule has 0 fully saturated rings. The Balaban J connectivity index is 2.73. The number of nitrogens with one attached hydrogen (secondary N) is 1. The van der Waals surface area contributed by atoms with E-state index in [4.69, 9.17) is 4.74 Å². The van der Waals surface area contributed by atoms with E-state index in [0.717, 1.165) is 25.2 Å². The van der Waals surface area contributed by atoms with E-state index in [1.807, 2.05) is 6.07 Å². The summed E-state index contributed by atoms with van der Waals surface area (Å²) in [6, 6.07) is 9.17. The Labute approximate surface area is 105 Å². The molecular weight excluding hydrogens is 210 g/mol. The van der Waals surface area contributed by atoms with E-state index in [0.29, 0.717) is 12.1 Å². The Bertz CT molecular complexity index is 324. The highest BCUT2D eigenvalue weighted by atomic mass is 16.5. The second-order valence-corrected chi connectivity index (χ2v) is 4.58. The van der Waals surface area contributed by atoms with Crippen LogP contribution in [-0.2, 0) is 0 Å². The summed E-state index contributed by atoms with van der Waals surface area (Å²) >= 11 is 0. The Morgan fingerprint density at radius 1 is 1.18 bits per heavy atom. The van der Waals surface area contributed by atoms with Crippen LogP contribution in [0.25, 0.3) is 0 Å². The quantitative estimate of drug-likeness (QED) is 0.773. The maximum absolute atomic E-state index is 5.78. The van der Waals surface area contributed by atoms with Crippen molar-refractivity contribution < 1.29 is 4.74 Å². The Morgan fingerprint density at radius 2 is 1.88 bits per heavy atom. The first-order chi connectivity index (χ1) is 8.19. The van der Waals surface area contributed by atoms with E-state index in [1.165, 1.54) is 5.56 Å². The zero-order chi connectivity index (χ0) is 12.7. The lowest BCUT2D eigenvalue weighted by atomic mass is 10.1.